The number of nitrogens with zero attached hydrogens (tertiary/aromatic N) is 1. The highest BCUT2D eigenvalue weighted by Crippen LogP contribution is 2.18. The van der Waals surface area contributed by atoms with Gasteiger partial charge in [-0.3, -0.25) is 4.72 Å². The summed E-state index contributed by atoms with van der Waals surface area (Å²) in [5, 5.41) is 0. The third-order valence-electron chi connectivity index (χ3n) is 2.73. The van der Waals surface area contributed by atoms with Crippen LogP contribution in [0.1, 0.15) is 19.3 Å². The second-order valence-electron chi connectivity index (χ2n) is 4.08. The van der Waals surface area contributed by atoms with Gasteiger partial charge in [0, 0.05) is 16.7 Å². The van der Waals surface area contributed by atoms with Gasteiger partial charge in [-0.25, -0.2) is 0 Å². The van der Waals surface area contributed by atoms with Gasteiger partial charge in [0.05, 0.1) is 5.69 Å². The molecule has 6 heteroatoms. The zero-order valence-corrected chi connectivity index (χ0v) is 12.4. The molecule has 1 aliphatic rings. The molecule has 0 aliphatic carbocycles. The van der Waals surface area contributed by atoms with Gasteiger partial charge in [0.25, 0.3) is 0 Å². The first-order chi connectivity index (χ1) is 8.08. The predicted molar refractivity (Wildman–Crippen MR) is 77.1 cm³/mol. The number of halogens is 1. The van der Waals surface area contributed by atoms with Crippen LogP contribution in [-0.4, -0.2) is 25.8 Å². The Bertz CT molecular complexity index is 484. The van der Waals surface area contributed by atoms with Crippen LogP contribution in [0.5, 0.6) is 0 Å². The van der Waals surface area contributed by atoms with Crippen molar-refractivity contribution in [3.63, 3.8) is 0 Å². The summed E-state index contributed by atoms with van der Waals surface area (Å²) in [6, 6.07) is 7.36. The van der Waals surface area contributed by atoms with Crippen molar-refractivity contribution in [3.8, 4) is 0 Å². The summed E-state index contributed by atoms with van der Waals surface area (Å²) in [5.41, 5.74) is 0.627. The minimum atomic E-state index is -3.37. The largest absolute Gasteiger partial charge is 0.301 e. The molecule has 0 radical (unpaired) electrons. The van der Waals surface area contributed by atoms with E-state index in [1.165, 1.54) is 4.31 Å². The van der Waals surface area contributed by atoms with Crippen LogP contribution < -0.4 is 4.72 Å². The number of rotatable bonds is 3. The minimum absolute atomic E-state index is 0.624. The number of hydrogen-bond acceptors (Lipinski definition) is 2. The van der Waals surface area contributed by atoms with E-state index >= 15 is 0 Å². The molecule has 0 aromatic heterocycles. The molecule has 1 fully saturated rings. The van der Waals surface area contributed by atoms with Gasteiger partial charge in [0.2, 0.25) is 0 Å². The molecule has 0 spiro atoms. The summed E-state index contributed by atoms with van der Waals surface area (Å²) in [4.78, 5) is 0. The van der Waals surface area contributed by atoms with Crippen molar-refractivity contribution in [2.24, 2.45) is 0 Å². The molecule has 0 amide bonds. The maximum atomic E-state index is 12.1. The van der Waals surface area contributed by atoms with Gasteiger partial charge >= 0.3 is 10.2 Å². The van der Waals surface area contributed by atoms with Crippen molar-refractivity contribution in [1.82, 2.24) is 4.31 Å². The molecule has 1 N–H and O–H groups in total. The maximum absolute atomic E-state index is 12.1. The van der Waals surface area contributed by atoms with E-state index in [1.54, 1.807) is 6.07 Å². The number of anilines is 1. The Kier molecular flexibility index (Phi) is 4.26. The zero-order valence-electron chi connectivity index (χ0n) is 9.39. The molecule has 1 saturated heterocycles. The summed E-state index contributed by atoms with van der Waals surface area (Å²) in [5.74, 6) is 0. The Hall–Kier alpha value is -0.340. The molecule has 94 valence electrons. The van der Waals surface area contributed by atoms with E-state index in [2.05, 4.69) is 27.3 Å². The van der Waals surface area contributed by atoms with E-state index in [-0.39, 0.29) is 0 Å². The van der Waals surface area contributed by atoms with Crippen molar-refractivity contribution in [2.75, 3.05) is 17.8 Å². The average Bonchev–Trinajstić information content (AvgIpc) is 2.29. The van der Waals surface area contributed by atoms with Crippen LogP contribution in [0.2, 0.25) is 0 Å². The first kappa shape index (κ1) is 13.1. The first-order valence-corrected chi connectivity index (χ1v) is 8.13. The van der Waals surface area contributed by atoms with Gasteiger partial charge < -0.3 is 0 Å². The van der Waals surface area contributed by atoms with Gasteiger partial charge in [-0.1, -0.05) is 12.5 Å². The lowest BCUT2D eigenvalue weighted by Crippen LogP contribution is -2.39. The number of hydrogen-bond donors (Lipinski definition) is 1. The summed E-state index contributed by atoms with van der Waals surface area (Å²) in [7, 11) is -3.37. The van der Waals surface area contributed by atoms with E-state index in [0.717, 1.165) is 22.8 Å². The summed E-state index contributed by atoms with van der Waals surface area (Å²) in [6.45, 7) is 1.25. The predicted octanol–water partition coefficient (Wildman–Crippen LogP) is 2.43. The molecular weight excluding hydrogens is 351 g/mol. The highest BCUT2D eigenvalue weighted by molar-refractivity contribution is 14.1. The Morgan fingerprint density at radius 1 is 1.18 bits per heavy atom. The molecule has 1 heterocycles. The fourth-order valence-electron chi connectivity index (χ4n) is 1.87. The van der Waals surface area contributed by atoms with Gasteiger partial charge in [-0.2, -0.15) is 12.7 Å². The Morgan fingerprint density at radius 2 is 1.88 bits per heavy atom. The van der Waals surface area contributed by atoms with Gasteiger partial charge in [-0.05, 0) is 53.6 Å². The molecule has 0 unspecified atom stereocenters. The lowest BCUT2D eigenvalue weighted by molar-refractivity contribution is 0.349. The molecule has 2 rings (SSSR count). The van der Waals surface area contributed by atoms with Gasteiger partial charge in [0.15, 0.2) is 0 Å². The molecule has 1 aromatic carbocycles. The maximum Gasteiger partial charge on any atom is 0.301 e. The van der Waals surface area contributed by atoms with Gasteiger partial charge in [-0.15, -0.1) is 0 Å². The molecule has 17 heavy (non-hydrogen) atoms. The second kappa shape index (κ2) is 5.53. The second-order valence-corrected chi connectivity index (χ2v) is 6.99. The smallest absolute Gasteiger partial charge is 0.271 e. The van der Waals surface area contributed by atoms with E-state index in [4.69, 9.17) is 0 Å². The Labute approximate surface area is 116 Å². The Morgan fingerprint density at radius 3 is 2.53 bits per heavy atom. The topological polar surface area (TPSA) is 49.4 Å². The van der Waals surface area contributed by atoms with Crippen LogP contribution in [0.25, 0.3) is 0 Å². The lowest BCUT2D eigenvalue weighted by atomic mass is 10.2. The van der Waals surface area contributed by atoms with E-state index in [1.807, 2.05) is 18.2 Å². The normalized spacial score (nSPS) is 17.9. The minimum Gasteiger partial charge on any atom is -0.271 e. The molecular formula is C11H15IN2O2S. The van der Waals surface area contributed by atoms with Crippen molar-refractivity contribution < 1.29 is 8.42 Å². The summed E-state index contributed by atoms with van der Waals surface area (Å²) in [6.07, 6.45) is 3.02. The average molecular weight is 366 g/mol. The highest BCUT2D eigenvalue weighted by atomic mass is 127. The van der Waals surface area contributed by atoms with Gasteiger partial charge in [0.1, 0.15) is 0 Å². The number of piperidine rings is 1. The molecule has 0 bridgehead atoms. The van der Waals surface area contributed by atoms with Crippen molar-refractivity contribution in [1.29, 1.82) is 0 Å². The fraction of sp³-hybridized carbons (Fsp3) is 0.455. The third kappa shape index (κ3) is 3.56. The van der Waals surface area contributed by atoms with Crippen LogP contribution in [0.4, 0.5) is 5.69 Å². The summed E-state index contributed by atoms with van der Waals surface area (Å²) >= 11 is 2.16. The summed E-state index contributed by atoms with van der Waals surface area (Å²) < 4.78 is 29.3. The fourth-order valence-corrected chi connectivity index (χ4v) is 3.71. The van der Waals surface area contributed by atoms with Crippen LogP contribution in [0.3, 0.4) is 0 Å². The van der Waals surface area contributed by atoms with Crippen molar-refractivity contribution in [2.45, 2.75) is 19.3 Å². The van der Waals surface area contributed by atoms with E-state index in [9.17, 15) is 8.42 Å². The molecule has 0 saturated carbocycles. The third-order valence-corrected chi connectivity index (χ3v) is 4.94. The Balaban J connectivity index is 2.11. The van der Waals surface area contributed by atoms with Crippen LogP contribution >= 0.6 is 22.6 Å². The number of benzene rings is 1. The molecule has 1 aromatic rings. The SMILES string of the molecule is O=S(=O)(Nc1cccc(I)c1)N1CCCCC1. The van der Waals surface area contributed by atoms with E-state index < -0.39 is 10.2 Å². The molecule has 1 aliphatic heterocycles. The quantitative estimate of drug-likeness (QED) is 0.836. The number of nitrogens with one attached hydrogen (secondary N) is 1. The van der Waals surface area contributed by atoms with Crippen molar-refractivity contribution in [3.05, 3.63) is 27.8 Å². The molecule has 4 nitrogen and oxygen atoms in total. The van der Waals surface area contributed by atoms with E-state index in [0.29, 0.717) is 18.8 Å². The zero-order chi connectivity index (χ0) is 12.3. The highest BCUT2D eigenvalue weighted by Gasteiger charge is 2.23. The lowest BCUT2D eigenvalue weighted by Gasteiger charge is -2.26. The van der Waals surface area contributed by atoms with Crippen LogP contribution in [0.15, 0.2) is 24.3 Å². The van der Waals surface area contributed by atoms with Crippen LogP contribution in [-0.2, 0) is 10.2 Å². The standard InChI is InChI=1S/C11H15IN2O2S/c12-10-5-4-6-11(9-10)13-17(15,16)14-7-2-1-3-8-14/h4-6,9,13H,1-3,7-8H2. The van der Waals surface area contributed by atoms with Crippen molar-refractivity contribution >= 4 is 38.5 Å². The first-order valence-electron chi connectivity index (χ1n) is 5.61. The molecule has 0 atom stereocenters. The monoisotopic (exact) mass is 366 g/mol. The van der Waals surface area contributed by atoms with Crippen LogP contribution in [0, 0.1) is 3.57 Å².